The van der Waals surface area contributed by atoms with Crippen LogP contribution in [0.2, 0.25) is 0 Å². The fraction of sp³-hybridized carbons (Fsp3) is 0.227. The van der Waals surface area contributed by atoms with Gasteiger partial charge in [0.2, 0.25) is 17.6 Å². The lowest BCUT2D eigenvalue weighted by molar-refractivity contribution is -0.145. The van der Waals surface area contributed by atoms with Crippen LogP contribution < -0.4 is 16.6 Å². The Morgan fingerprint density at radius 1 is 1.15 bits per heavy atom. The first kappa shape index (κ1) is 25.4. The molecule has 17 heteroatoms. The molecular formula is C22H17F3N10O4. The van der Waals surface area contributed by atoms with Gasteiger partial charge in [0.1, 0.15) is 18.4 Å². The number of hydrogen-bond donors (Lipinski definition) is 2. The Morgan fingerprint density at radius 2 is 1.90 bits per heavy atom. The maximum Gasteiger partial charge on any atom is 0.451 e. The Labute approximate surface area is 214 Å². The highest BCUT2D eigenvalue weighted by molar-refractivity contribution is 5.93. The van der Waals surface area contributed by atoms with Crippen LogP contribution in [0, 0.1) is 6.92 Å². The van der Waals surface area contributed by atoms with Gasteiger partial charge >= 0.3 is 11.9 Å². The average molecular weight is 542 g/mol. The second-order valence-electron chi connectivity index (χ2n) is 8.27. The lowest BCUT2D eigenvalue weighted by Gasteiger charge is -2.14. The Bertz CT molecular complexity index is 1800. The molecule has 0 aliphatic rings. The van der Waals surface area contributed by atoms with Gasteiger partial charge in [-0.05, 0) is 26.0 Å². The number of pyridine rings is 1. The zero-order chi connectivity index (χ0) is 27.9. The number of H-pyrrole nitrogens is 1. The number of rotatable bonds is 6. The van der Waals surface area contributed by atoms with Gasteiger partial charge in [-0.3, -0.25) is 14.6 Å². The number of hydrogen-bond acceptors (Lipinski definition) is 10. The van der Waals surface area contributed by atoms with E-state index >= 15 is 0 Å². The van der Waals surface area contributed by atoms with Crippen LogP contribution in [0.25, 0.3) is 22.4 Å². The third-order valence-electron chi connectivity index (χ3n) is 5.57. The van der Waals surface area contributed by atoms with E-state index in [9.17, 15) is 27.6 Å². The van der Waals surface area contributed by atoms with Crippen molar-refractivity contribution in [3.05, 3.63) is 75.3 Å². The van der Waals surface area contributed by atoms with Crippen molar-refractivity contribution in [2.24, 2.45) is 0 Å². The summed E-state index contributed by atoms with van der Waals surface area (Å²) in [6, 6.07) is 3.53. The summed E-state index contributed by atoms with van der Waals surface area (Å²) in [5.41, 5.74) is -1.13. The number of aryl methyl sites for hydroxylation is 1. The molecule has 0 radical (unpaired) electrons. The number of carbonyl (C=O) groups is 1. The SMILES string of the molecule is Cc1noc(Cn2c(=O)[nH]c3ncn([C@@H](C)C(=O)Nc4cccc(-c5cnc(C(F)(F)F)nc5)n4)c3c2=O)n1. The van der Waals surface area contributed by atoms with Gasteiger partial charge in [-0.25, -0.2) is 29.3 Å². The van der Waals surface area contributed by atoms with Crippen LogP contribution in [-0.4, -0.2) is 50.1 Å². The number of amides is 1. The number of aromatic nitrogens is 9. The largest absolute Gasteiger partial charge is 0.451 e. The molecular weight excluding hydrogens is 525 g/mol. The number of alkyl halides is 3. The van der Waals surface area contributed by atoms with Crippen molar-refractivity contribution in [1.82, 2.24) is 44.2 Å². The van der Waals surface area contributed by atoms with E-state index in [-0.39, 0.29) is 40.7 Å². The Morgan fingerprint density at radius 3 is 2.56 bits per heavy atom. The van der Waals surface area contributed by atoms with Crippen molar-refractivity contribution < 1.29 is 22.5 Å². The van der Waals surface area contributed by atoms with Crippen molar-refractivity contribution in [2.75, 3.05) is 5.32 Å². The number of halogens is 3. The van der Waals surface area contributed by atoms with Gasteiger partial charge in [0, 0.05) is 18.0 Å². The zero-order valence-electron chi connectivity index (χ0n) is 20.1. The summed E-state index contributed by atoms with van der Waals surface area (Å²) in [6.07, 6.45) is -1.49. The van der Waals surface area contributed by atoms with Gasteiger partial charge in [-0.2, -0.15) is 18.2 Å². The molecule has 0 fully saturated rings. The summed E-state index contributed by atoms with van der Waals surface area (Å²) in [5, 5.41) is 6.23. The van der Waals surface area contributed by atoms with Crippen LogP contribution in [0.4, 0.5) is 19.0 Å². The molecule has 5 rings (SSSR count). The van der Waals surface area contributed by atoms with E-state index in [0.29, 0.717) is 5.82 Å². The number of carbonyl (C=O) groups excluding carboxylic acids is 1. The third-order valence-corrected chi connectivity index (χ3v) is 5.57. The molecule has 0 aliphatic carbocycles. The summed E-state index contributed by atoms with van der Waals surface area (Å²) in [4.78, 5) is 60.1. The monoisotopic (exact) mass is 542 g/mol. The second-order valence-corrected chi connectivity index (χ2v) is 8.27. The molecule has 0 unspecified atom stereocenters. The minimum atomic E-state index is -4.68. The Balaban J connectivity index is 1.40. The first-order chi connectivity index (χ1) is 18.5. The van der Waals surface area contributed by atoms with Gasteiger partial charge in [-0.1, -0.05) is 11.2 Å². The summed E-state index contributed by atoms with van der Waals surface area (Å²) < 4.78 is 45.3. The quantitative estimate of drug-likeness (QED) is 0.321. The maximum atomic E-state index is 13.2. The predicted octanol–water partition coefficient (Wildman–Crippen LogP) is 1.70. The minimum absolute atomic E-state index is 0.0231. The number of fused-ring (bicyclic) bond motifs is 1. The molecule has 0 saturated carbocycles. The van der Waals surface area contributed by atoms with E-state index in [0.717, 1.165) is 17.0 Å². The van der Waals surface area contributed by atoms with Crippen molar-refractivity contribution >= 4 is 22.9 Å². The molecule has 200 valence electrons. The molecule has 0 spiro atoms. The molecule has 2 N–H and O–H groups in total. The first-order valence-electron chi connectivity index (χ1n) is 11.2. The fourth-order valence-corrected chi connectivity index (χ4v) is 3.66. The van der Waals surface area contributed by atoms with E-state index < -0.39 is 35.2 Å². The third kappa shape index (κ3) is 5.00. The van der Waals surface area contributed by atoms with Crippen molar-refractivity contribution in [1.29, 1.82) is 0 Å². The van der Waals surface area contributed by atoms with Gasteiger partial charge in [-0.15, -0.1) is 0 Å². The molecule has 5 aromatic rings. The van der Waals surface area contributed by atoms with Gasteiger partial charge in [0.05, 0.1) is 12.0 Å². The lowest BCUT2D eigenvalue weighted by Crippen LogP contribution is -2.37. The van der Waals surface area contributed by atoms with E-state index in [4.69, 9.17) is 4.52 Å². The Hall–Kier alpha value is -5.22. The molecule has 5 heterocycles. The highest BCUT2D eigenvalue weighted by Gasteiger charge is 2.34. The van der Waals surface area contributed by atoms with Crippen LogP contribution in [-0.2, 0) is 17.5 Å². The summed E-state index contributed by atoms with van der Waals surface area (Å²) >= 11 is 0. The molecule has 1 atom stereocenters. The molecule has 0 saturated heterocycles. The van der Waals surface area contributed by atoms with Crippen LogP contribution >= 0.6 is 0 Å². The minimum Gasteiger partial charge on any atom is -0.337 e. The van der Waals surface area contributed by atoms with Crippen molar-refractivity contribution in [3.8, 4) is 11.3 Å². The fourth-order valence-electron chi connectivity index (χ4n) is 3.66. The summed E-state index contributed by atoms with van der Waals surface area (Å²) in [7, 11) is 0. The van der Waals surface area contributed by atoms with Crippen LogP contribution in [0.1, 0.15) is 30.5 Å². The number of imidazole rings is 1. The lowest BCUT2D eigenvalue weighted by atomic mass is 10.2. The molecule has 39 heavy (non-hydrogen) atoms. The average Bonchev–Trinajstić information content (AvgIpc) is 3.51. The molecule has 5 aromatic heterocycles. The van der Waals surface area contributed by atoms with Crippen LogP contribution in [0.3, 0.4) is 0 Å². The smallest absolute Gasteiger partial charge is 0.337 e. The number of anilines is 1. The topological polar surface area (TPSA) is 179 Å². The van der Waals surface area contributed by atoms with E-state index in [2.05, 4.69) is 40.4 Å². The van der Waals surface area contributed by atoms with E-state index in [1.54, 1.807) is 6.92 Å². The molecule has 1 amide bonds. The maximum absolute atomic E-state index is 13.2. The Kier molecular flexibility index (Phi) is 6.25. The van der Waals surface area contributed by atoms with Crippen LogP contribution in [0.15, 0.2) is 51.0 Å². The first-order valence-corrected chi connectivity index (χ1v) is 11.2. The normalized spacial score (nSPS) is 12.5. The zero-order valence-corrected chi connectivity index (χ0v) is 20.1. The van der Waals surface area contributed by atoms with Gasteiger partial charge < -0.3 is 14.4 Å². The van der Waals surface area contributed by atoms with Crippen molar-refractivity contribution in [3.63, 3.8) is 0 Å². The second kappa shape index (κ2) is 9.58. The standard InChI is InChI=1S/C22H17F3N10O4/c1-10(18(36)31-14-5-3-4-13(30-14)12-6-26-20(27-7-12)22(23,24)25)35-9-28-17-16(35)19(37)34(21(38)32-17)8-15-29-11(2)33-39-15/h3-7,9-10H,8H2,1-2H3,(H,32,38)(H,30,31,36)/t10-/m0/s1. The summed E-state index contributed by atoms with van der Waals surface area (Å²) in [6.45, 7) is 2.79. The molecule has 0 bridgehead atoms. The molecule has 14 nitrogen and oxygen atoms in total. The van der Waals surface area contributed by atoms with E-state index in [1.807, 2.05) is 0 Å². The van der Waals surface area contributed by atoms with Crippen LogP contribution in [0.5, 0.6) is 0 Å². The molecule has 0 aromatic carbocycles. The highest BCUT2D eigenvalue weighted by Crippen LogP contribution is 2.27. The van der Waals surface area contributed by atoms with E-state index in [1.165, 1.54) is 36.0 Å². The van der Waals surface area contributed by atoms with Crippen molar-refractivity contribution in [2.45, 2.75) is 32.6 Å². The number of nitrogens with one attached hydrogen (secondary N) is 2. The van der Waals surface area contributed by atoms with Gasteiger partial charge in [0.25, 0.3) is 5.56 Å². The number of aromatic amines is 1. The predicted molar refractivity (Wildman–Crippen MR) is 126 cm³/mol. The summed E-state index contributed by atoms with van der Waals surface area (Å²) in [5.74, 6) is -1.42. The van der Waals surface area contributed by atoms with Gasteiger partial charge in [0.15, 0.2) is 17.0 Å². The molecule has 0 aliphatic heterocycles. The highest BCUT2D eigenvalue weighted by atomic mass is 19.4. The number of nitrogens with zero attached hydrogens (tertiary/aromatic N) is 8.